The van der Waals surface area contributed by atoms with Crippen LogP contribution in [0, 0.1) is 5.92 Å². The van der Waals surface area contributed by atoms with Crippen molar-refractivity contribution >= 4 is 5.97 Å². The third-order valence-electron chi connectivity index (χ3n) is 2.51. The van der Waals surface area contributed by atoms with E-state index in [1.165, 1.54) is 13.5 Å². The average Bonchev–Trinajstić information content (AvgIpc) is 2.69. The predicted molar refractivity (Wildman–Crippen MR) is 53.0 cm³/mol. The summed E-state index contributed by atoms with van der Waals surface area (Å²) in [6.45, 7) is 3.48. The zero-order valence-corrected chi connectivity index (χ0v) is 8.75. The van der Waals surface area contributed by atoms with E-state index in [0.717, 1.165) is 32.0 Å². The second-order valence-corrected chi connectivity index (χ2v) is 3.59. The molecule has 1 atom stereocenters. The molecule has 1 aliphatic rings. The lowest BCUT2D eigenvalue weighted by Gasteiger charge is -2.07. The Bertz CT molecular complexity index is 167. The van der Waals surface area contributed by atoms with Crippen molar-refractivity contribution in [2.45, 2.75) is 19.3 Å². The van der Waals surface area contributed by atoms with Crippen LogP contribution >= 0.6 is 0 Å². The molecule has 0 spiro atoms. The lowest BCUT2D eigenvalue weighted by atomic mass is 10.1. The number of esters is 1. The number of ether oxygens (including phenoxy) is 2. The SMILES string of the molecule is COC(=O)CCOCCC1CCNC1. The molecule has 0 aromatic carbocycles. The molecule has 1 heterocycles. The van der Waals surface area contributed by atoms with E-state index in [-0.39, 0.29) is 5.97 Å². The van der Waals surface area contributed by atoms with Gasteiger partial charge >= 0.3 is 5.97 Å². The Kier molecular flexibility index (Phi) is 5.56. The van der Waals surface area contributed by atoms with Gasteiger partial charge in [0.1, 0.15) is 0 Å². The number of hydrogen-bond donors (Lipinski definition) is 1. The van der Waals surface area contributed by atoms with Crippen molar-refractivity contribution in [2.24, 2.45) is 5.92 Å². The van der Waals surface area contributed by atoms with E-state index in [1.807, 2.05) is 0 Å². The molecule has 1 unspecified atom stereocenters. The molecule has 1 aliphatic heterocycles. The van der Waals surface area contributed by atoms with E-state index in [0.29, 0.717) is 13.0 Å². The minimum absolute atomic E-state index is 0.201. The standard InChI is InChI=1S/C10H19NO3/c1-13-10(12)4-7-14-6-3-9-2-5-11-8-9/h9,11H,2-8H2,1H3. The van der Waals surface area contributed by atoms with Crippen LogP contribution in [0.3, 0.4) is 0 Å². The number of carbonyl (C=O) groups excluding carboxylic acids is 1. The van der Waals surface area contributed by atoms with Crippen LogP contribution < -0.4 is 5.32 Å². The fourth-order valence-corrected chi connectivity index (χ4v) is 1.57. The minimum Gasteiger partial charge on any atom is -0.469 e. The highest BCUT2D eigenvalue weighted by Crippen LogP contribution is 2.11. The molecule has 0 bridgehead atoms. The fourth-order valence-electron chi connectivity index (χ4n) is 1.57. The van der Waals surface area contributed by atoms with Crippen molar-refractivity contribution in [3.8, 4) is 0 Å². The molecule has 0 amide bonds. The number of methoxy groups -OCH3 is 1. The molecule has 4 heteroatoms. The molecule has 1 N–H and O–H groups in total. The van der Waals surface area contributed by atoms with E-state index in [1.54, 1.807) is 0 Å². The highest BCUT2D eigenvalue weighted by Gasteiger charge is 2.13. The normalized spacial score (nSPS) is 21.1. The molecule has 0 radical (unpaired) electrons. The summed E-state index contributed by atoms with van der Waals surface area (Å²) in [5.74, 6) is 0.556. The first-order valence-electron chi connectivity index (χ1n) is 5.18. The van der Waals surface area contributed by atoms with Crippen LogP contribution in [0.5, 0.6) is 0 Å². The van der Waals surface area contributed by atoms with E-state index >= 15 is 0 Å². The summed E-state index contributed by atoms with van der Waals surface area (Å²) in [6, 6.07) is 0. The van der Waals surface area contributed by atoms with Gasteiger partial charge in [-0.2, -0.15) is 0 Å². The summed E-state index contributed by atoms with van der Waals surface area (Å²) >= 11 is 0. The third-order valence-corrected chi connectivity index (χ3v) is 2.51. The summed E-state index contributed by atoms with van der Waals surface area (Å²) in [7, 11) is 1.40. The van der Waals surface area contributed by atoms with Crippen molar-refractivity contribution in [3.05, 3.63) is 0 Å². The molecule has 14 heavy (non-hydrogen) atoms. The third kappa shape index (κ3) is 4.58. The maximum absolute atomic E-state index is 10.7. The van der Waals surface area contributed by atoms with Crippen LogP contribution in [-0.4, -0.2) is 39.4 Å². The van der Waals surface area contributed by atoms with Gasteiger partial charge in [0.2, 0.25) is 0 Å². The minimum atomic E-state index is -0.201. The van der Waals surface area contributed by atoms with Crippen LogP contribution in [0.2, 0.25) is 0 Å². The number of hydrogen-bond acceptors (Lipinski definition) is 4. The topological polar surface area (TPSA) is 47.6 Å². The molecule has 1 saturated heterocycles. The highest BCUT2D eigenvalue weighted by molar-refractivity contribution is 5.69. The number of carbonyl (C=O) groups is 1. The van der Waals surface area contributed by atoms with Gasteiger partial charge in [-0.15, -0.1) is 0 Å². The second kappa shape index (κ2) is 6.79. The molecule has 0 saturated carbocycles. The predicted octanol–water partition coefficient (Wildman–Crippen LogP) is 0.566. The van der Waals surface area contributed by atoms with Crippen molar-refractivity contribution in [1.82, 2.24) is 5.32 Å². The largest absolute Gasteiger partial charge is 0.469 e. The van der Waals surface area contributed by atoms with E-state index < -0.39 is 0 Å². The Labute approximate surface area is 85.0 Å². The number of nitrogens with one attached hydrogen (secondary N) is 1. The van der Waals surface area contributed by atoms with Gasteiger partial charge in [0, 0.05) is 6.61 Å². The Morgan fingerprint density at radius 2 is 2.36 bits per heavy atom. The second-order valence-electron chi connectivity index (χ2n) is 3.59. The quantitative estimate of drug-likeness (QED) is 0.504. The summed E-state index contributed by atoms with van der Waals surface area (Å²) in [4.78, 5) is 10.7. The van der Waals surface area contributed by atoms with E-state index in [4.69, 9.17) is 4.74 Å². The molecule has 0 aromatic heterocycles. The van der Waals surface area contributed by atoms with Gasteiger partial charge in [-0.25, -0.2) is 0 Å². The van der Waals surface area contributed by atoms with Crippen LogP contribution in [0.4, 0.5) is 0 Å². The molecular weight excluding hydrogens is 182 g/mol. The summed E-state index contributed by atoms with van der Waals surface area (Å²) < 4.78 is 9.84. The van der Waals surface area contributed by atoms with Crippen LogP contribution in [-0.2, 0) is 14.3 Å². The van der Waals surface area contributed by atoms with Gasteiger partial charge in [-0.1, -0.05) is 0 Å². The first-order chi connectivity index (χ1) is 6.83. The zero-order chi connectivity index (χ0) is 10.2. The Morgan fingerprint density at radius 1 is 1.50 bits per heavy atom. The average molecular weight is 201 g/mol. The summed E-state index contributed by atoms with van der Waals surface area (Å²) in [6.07, 6.45) is 2.70. The Balaban J connectivity index is 1.86. The van der Waals surface area contributed by atoms with Crippen LogP contribution in [0.25, 0.3) is 0 Å². The fraction of sp³-hybridized carbons (Fsp3) is 0.900. The van der Waals surface area contributed by atoms with Gasteiger partial charge in [-0.3, -0.25) is 4.79 Å². The summed E-state index contributed by atoms with van der Waals surface area (Å²) in [5, 5.41) is 3.31. The molecule has 1 rings (SSSR count). The monoisotopic (exact) mass is 201 g/mol. The van der Waals surface area contributed by atoms with Crippen molar-refractivity contribution in [1.29, 1.82) is 0 Å². The molecular formula is C10H19NO3. The zero-order valence-electron chi connectivity index (χ0n) is 8.75. The molecule has 0 aliphatic carbocycles. The van der Waals surface area contributed by atoms with E-state index in [9.17, 15) is 4.79 Å². The first-order valence-corrected chi connectivity index (χ1v) is 5.18. The molecule has 82 valence electrons. The number of rotatable bonds is 6. The van der Waals surface area contributed by atoms with Crippen molar-refractivity contribution in [2.75, 3.05) is 33.4 Å². The van der Waals surface area contributed by atoms with Gasteiger partial charge in [-0.05, 0) is 31.8 Å². The van der Waals surface area contributed by atoms with Gasteiger partial charge in [0.15, 0.2) is 0 Å². The molecule has 4 nitrogen and oxygen atoms in total. The van der Waals surface area contributed by atoms with Gasteiger partial charge in [0.25, 0.3) is 0 Å². The smallest absolute Gasteiger partial charge is 0.307 e. The maximum atomic E-state index is 10.7. The van der Waals surface area contributed by atoms with Gasteiger partial charge in [0.05, 0.1) is 20.1 Å². The molecule has 1 fully saturated rings. The first kappa shape index (κ1) is 11.5. The van der Waals surface area contributed by atoms with Crippen molar-refractivity contribution < 1.29 is 14.3 Å². The molecule has 0 aromatic rings. The van der Waals surface area contributed by atoms with Crippen LogP contribution in [0.15, 0.2) is 0 Å². The Morgan fingerprint density at radius 3 is 3.00 bits per heavy atom. The lowest BCUT2D eigenvalue weighted by Crippen LogP contribution is -2.12. The lowest BCUT2D eigenvalue weighted by molar-refractivity contribution is -0.141. The highest BCUT2D eigenvalue weighted by atomic mass is 16.5. The van der Waals surface area contributed by atoms with E-state index in [2.05, 4.69) is 10.1 Å². The van der Waals surface area contributed by atoms with Crippen LogP contribution in [0.1, 0.15) is 19.3 Å². The van der Waals surface area contributed by atoms with Gasteiger partial charge < -0.3 is 14.8 Å². The van der Waals surface area contributed by atoms with Crippen molar-refractivity contribution in [3.63, 3.8) is 0 Å². The maximum Gasteiger partial charge on any atom is 0.307 e. The summed E-state index contributed by atoms with van der Waals surface area (Å²) in [5.41, 5.74) is 0. The Hall–Kier alpha value is -0.610.